The quantitative estimate of drug-likeness (QED) is 0.806. The number of aryl methyl sites for hydroxylation is 1. The van der Waals surface area contributed by atoms with E-state index in [-0.39, 0.29) is 0 Å². The highest BCUT2D eigenvalue weighted by Gasteiger charge is 2.19. The summed E-state index contributed by atoms with van der Waals surface area (Å²) in [7, 11) is 4.25. The Morgan fingerprint density at radius 2 is 2.12 bits per heavy atom. The van der Waals surface area contributed by atoms with Gasteiger partial charge in [0.25, 0.3) is 0 Å². The van der Waals surface area contributed by atoms with Gasteiger partial charge < -0.3 is 15.5 Å². The molecule has 0 atom stereocenters. The zero-order valence-electron chi connectivity index (χ0n) is 11.2. The van der Waals surface area contributed by atoms with Crippen LogP contribution >= 0.6 is 0 Å². The third-order valence-electron chi connectivity index (χ3n) is 3.49. The molecular formula is C14H23N3. The van der Waals surface area contributed by atoms with Crippen LogP contribution in [-0.4, -0.2) is 38.6 Å². The summed E-state index contributed by atoms with van der Waals surface area (Å²) < 4.78 is 0. The monoisotopic (exact) mass is 233 g/mol. The van der Waals surface area contributed by atoms with Crippen molar-refractivity contribution in [3.8, 4) is 0 Å². The maximum absolute atomic E-state index is 6.00. The lowest BCUT2D eigenvalue weighted by Gasteiger charge is -2.21. The molecule has 3 nitrogen and oxygen atoms in total. The predicted octanol–water partition coefficient (Wildman–Crippen LogP) is 1.89. The number of nitrogens with zero attached hydrogens (tertiary/aromatic N) is 2. The van der Waals surface area contributed by atoms with Crippen molar-refractivity contribution in [2.45, 2.75) is 19.8 Å². The van der Waals surface area contributed by atoms with E-state index < -0.39 is 0 Å². The van der Waals surface area contributed by atoms with Gasteiger partial charge in [0.15, 0.2) is 0 Å². The Kier molecular flexibility index (Phi) is 3.57. The van der Waals surface area contributed by atoms with Crippen molar-refractivity contribution in [1.82, 2.24) is 4.90 Å². The first kappa shape index (κ1) is 12.2. The fourth-order valence-corrected chi connectivity index (χ4v) is 2.45. The Balaban J connectivity index is 2.03. The first-order valence-corrected chi connectivity index (χ1v) is 6.36. The van der Waals surface area contributed by atoms with Gasteiger partial charge in [-0.3, -0.25) is 0 Å². The van der Waals surface area contributed by atoms with Gasteiger partial charge in [0, 0.05) is 24.5 Å². The van der Waals surface area contributed by atoms with Gasteiger partial charge >= 0.3 is 0 Å². The van der Waals surface area contributed by atoms with Crippen molar-refractivity contribution in [1.29, 1.82) is 0 Å². The summed E-state index contributed by atoms with van der Waals surface area (Å²) in [6.45, 7) is 5.51. The number of benzene rings is 1. The van der Waals surface area contributed by atoms with E-state index in [0.717, 1.165) is 25.3 Å². The minimum Gasteiger partial charge on any atom is -0.398 e. The van der Waals surface area contributed by atoms with E-state index in [1.54, 1.807) is 0 Å². The number of hydrogen-bond donors (Lipinski definition) is 1. The molecule has 0 aromatic heterocycles. The van der Waals surface area contributed by atoms with Crippen LogP contribution in [-0.2, 0) is 6.42 Å². The highest BCUT2D eigenvalue weighted by molar-refractivity contribution is 5.67. The maximum atomic E-state index is 6.00. The molecule has 0 amide bonds. The largest absolute Gasteiger partial charge is 0.398 e. The molecule has 3 heteroatoms. The molecule has 1 aromatic rings. The van der Waals surface area contributed by atoms with Crippen LogP contribution in [0.25, 0.3) is 0 Å². The van der Waals surface area contributed by atoms with E-state index in [4.69, 9.17) is 5.73 Å². The topological polar surface area (TPSA) is 32.5 Å². The van der Waals surface area contributed by atoms with E-state index in [0.29, 0.717) is 0 Å². The number of hydrogen-bond acceptors (Lipinski definition) is 3. The molecular weight excluding hydrogens is 210 g/mol. The van der Waals surface area contributed by atoms with Crippen LogP contribution in [0.15, 0.2) is 12.1 Å². The molecule has 0 bridgehead atoms. The maximum Gasteiger partial charge on any atom is 0.0420 e. The summed E-state index contributed by atoms with van der Waals surface area (Å²) in [5, 5.41) is 0. The van der Waals surface area contributed by atoms with Crippen molar-refractivity contribution < 1.29 is 0 Å². The third kappa shape index (κ3) is 2.72. The van der Waals surface area contributed by atoms with E-state index in [9.17, 15) is 0 Å². The average Bonchev–Trinajstić information content (AvgIpc) is 2.62. The van der Waals surface area contributed by atoms with Gasteiger partial charge in [0.1, 0.15) is 0 Å². The normalized spacial score (nSPS) is 14.5. The van der Waals surface area contributed by atoms with Gasteiger partial charge in [-0.25, -0.2) is 0 Å². The van der Waals surface area contributed by atoms with E-state index >= 15 is 0 Å². The van der Waals surface area contributed by atoms with Gasteiger partial charge in [0.05, 0.1) is 0 Å². The van der Waals surface area contributed by atoms with Crippen molar-refractivity contribution >= 4 is 11.4 Å². The second-order valence-corrected chi connectivity index (χ2v) is 5.23. The van der Waals surface area contributed by atoms with Crippen LogP contribution < -0.4 is 10.6 Å². The second-order valence-electron chi connectivity index (χ2n) is 5.23. The van der Waals surface area contributed by atoms with Crippen LogP contribution in [0.3, 0.4) is 0 Å². The van der Waals surface area contributed by atoms with Crippen molar-refractivity contribution in [3.05, 3.63) is 23.3 Å². The van der Waals surface area contributed by atoms with Crippen LogP contribution in [0.1, 0.15) is 17.5 Å². The minimum atomic E-state index is 0.920. The number of fused-ring (bicyclic) bond motifs is 1. The van der Waals surface area contributed by atoms with E-state index in [1.807, 2.05) is 0 Å². The van der Waals surface area contributed by atoms with Crippen LogP contribution in [0.4, 0.5) is 11.4 Å². The predicted molar refractivity (Wildman–Crippen MR) is 74.7 cm³/mol. The Morgan fingerprint density at radius 1 is 1.35 bits per heavy atom. The molecule has 2 N–H and O–H groups in total. The summed E-state index contributed by atoms with van der Waals surface area (Å²) in [6.07, 6.45) is 2.37. The van der Waals surface area contributed by atoms with Gasteiger partial charge in [-0.15, -0.1) is 0 Å². The van der Waals surface area contributed by atoms with Crippen LogP contribution in [0.5, 0.6) is 0 Å². The molecule has 0 fully saturated rings. The molecule has 0 radical (unpaired) electrons. The first-order valence-electron chi connectivity index (χ1n) is 6.36. The lowest BCUT2D eigenvalue weighted by Crippen LogP contribution is -2.25. The number of anilines is 2. The fourth-order valence-electron chi connectivity index (χ4n) is 2.45. The number of nitrogen functional groups attached to an aromatic ring is 1. The lowest BCUT2D eigenvalue weighted by atomic mass is 10.1. The molecule has 0 aliphatic carbocycles. The standard InChI is InChI=1S/C14H23N3/c1-11-9-12-5-8-17(7-4-6-16(2)3)14(12)10-13(11)15/h9-10H,4-8,15H2,1-3H3. The molecule has 0 saturated carbocycles. The van der Waals surface area contributed by atoms with Gasteiger partial charge in [-0.1, -0.05) is 6.07 Å². The molecule has 1 heterocycles. The van der Waals surface area contributed by atoms with Gasteiger partial charge in [-0.05, 0) is 57.6 Å². The smallest absolute Gasteiger partial charge is 0.0420 e. The molecule has 2 rings (SSSR count). The Labute approximate surface area is 104 Å². The Hall–Kier alpha value is -1.22. The number of rotatable bonds is 4. The fraction of sp³-hybridized carbons (Fsp3) is 0.571. The average molecular weight is 233 g/mol. The zero-order valence-corrected chi connectivity index (χ0v) is 11.2. The molecule has 0 unspecified atom stereocenters. The number of nitrogens with two attached hydrogens (primary N) is 1. The highest BCUT2D eigenvalue weighted by atomic mass is 15.2. The summed E-state index contributed by atoms with van der Waals surface area (Å²) >= 11 is 0. The first-order chi connectivity index (χ1) is 8.08. The van der Waals surface area contributed by atoms with E-state index in [2.05, 4.69) is 43.0 Å². The zero-order chi connectivity index (χ0) is 12.4. The SMILES string of the molecule is Cc1cc2c(cc1N)N(CCCN(C)C)CC2. The van der Waals surface area contributed by atoms with Gasteiger partial charge in [0.2, 0.25) is 0 Å². The molecule has 0 saturated heterocycles. The summed E-state index contributed by atoms with van der Waals surface area (Å²) in [5.74, 6) is 0. The Morgan fingerprint density at radius 3 is 2.82 bits per heavy atom. The van der Waals surface area contributed by atoms with Crippen LogP contribution in [0.2, 0.25) is 0 Å². The Bertz CT molecular complexity index is 399. The van der Waals surface area contributed by atoms with Crippen molar-refractivity contribution in [2.75, 3.05) is 44.4 Å². The molecule has 17 heavy (non-hydrogen) atoms. The summed E-state index contributed by atoms with van der Waals surface area (Å²) in [6, 6.07) is 4.39. The van der Waals surface area contributed by atoms with E-state index in [1.165, 1.54) is 29.7 Å². The molecule has 1 aliphatic rings. The summed E-state index contributed by atoms with van der Waals surface area (Å²) in [4.78, 5) is 4.70. The minimum absolute atomic E-state index is 0.920. The molecule has 0 spiro atoms. The van der Waals surface area contributed by atoms with Gasteiger partial charge in [-0.2, -0.15) is 0 Å². The second kappa shape index (κ2) is 4.96. The molecule has 94 valence electrons. The molecule has 1 aliphatic heterocycles. The third-order valence-corrected chi connectivity index (χ3v) is 3.49. The summed E-state index contributed by atoms with van der Waals surface area (Å²) in [5.41, 5.74) is 10.9. The molecule has 1 aromatic carbocycles. The van der Waals surface area contributed by atoms with Crippen LogP contribution in [0, 0.1) is 6.92 Å². The highest BCUT2D eigenvalue weighted by Crippen LogP contribution is 2.31. The van der Waals surface area contributed by atoms with Crippen molar-refractivity contribution in [2.24, 2.45) is 0 Å². The lowest BCUT2D eigenvalue weighted by molar-refractivity contribution is 0.401. The van der Waals surface area contributed by atoms with Crippen molar-refractivity contribution in [3.63, 3.8) is 0 Å².